The maximum Gasteiger partial charge on any atom is 0.0164 e. The van der Waals surface area contributed by atoms with Gasteiger partial charge in [0.05, 0.1) is 0 Å². The molecule has 0 unspecified atom stereocenters. The number of nitrogens with one attached hydrogen (secondary N) is 2. The van der Waals surface area contributed by atoms with Crippen LogP contribution in [0.5, 0.6) is 0 Å². The molecule has 1 saturated carbocycles. The summed E-state index contributed by atoms with van der Waals surface area (Å²) < 4.78 is 0. The highest BCUT2D eigenvalue weighted by atomic mass is 14.9. The summed E-state index contributed by atoms with van der Waals surface area (Å²) >= 11 is 0. The zero-order valence-electron chi connectivity index (χ0n) is 15.6. The molecule has 0 aliphatic heterocycles. The van der Waals surface area contributed by atoms with Crippen molar-refractivity contribution in [2.45, 2.75) is 77.0 Å². The summed E-state index contributed by atoms with van der Waals surface area (Å²) in [6.07, 6.45) is 21.6. The lowest BCUT2D eigenvalue weighted by atomic mass is 9.82. The Balaban J connectivity index is 1.23. The zero-order valence-corrected chi connectivity index (χ0v) is 15.6. The minimum Gasteiger partial charge on any atom is -0.313 e. The van der Waals surface area contributed by atoms with Gasteiger partial charge in [-0.05, 0) is 102 Å². The summed E-state index contributed by atoms with van der Waals surface area (Å²) in [5, 5.41) is 7.47. The van der Waals surface area contributed by atoms with Gasteiger partial charge in [0.1, 0.15) is 0 Å². The Morgan fingerprint density at radius 2 is 1.12 bits per heavy atom. The molecule has 0 aromatic rings. The lowest BCUT2D eigenvalue weighted by Gasteiger charge is -2.29. The van der Waals surface area contributed by atoms with Crippen molar-refractivity contribution in [1.29, 1.82) is 0 Å². The zero-order chi connectivity index (χ0) is 16.5. The van der Waals surface area contributed by atoms with Crippen LogP contribution < -0.4 is 10.6 Å². The highest BCUT2D eigenvalue weighted by Crippen LogP contribution is 2.28. The third-order valence-corrected chi connectivity index (χ3v) is 6.31. The topological polar surface area (TPSA) is 24.1 Å². The SMILES string of the molecule is C1=C(CNCC2CCC(CNCC3=CCCCC3)CC2)CCCC1. The van der Waals surface area contributed by atoms with E-state index in [9.17, 15) is 0 Å². The molecule has 3 rings (SSSR count). The maximum absolute atomic E-state index is 3.73. The fraction of sp³-hybridized carbons (Fsp3) is 0.818. The van der Waals surface area contributed by atoms with Crippen LogP contribution in [0.1, 0.15) is 77.0 Å². The Labute approximate surface area is 149 Å². The van der Waals surface area contributed by atoms with Crippen LogP contribution in [0.4, 0.5) is 0 Å². The second kappa shape index (κ2) is 10.4. The van der Waals surface area contributed by atoms with Crippen LogP contribution in [0.3, 0.4) is 0 Å². The Morgan fingerprint density at radius 3 is 1.50 bits per heavy atom. The summed E-state index contributed by atoms with van der Waals surface area (Å²) in [7, 11) is 0. The van der Waals surface area contributed by atoms with Crippen LogP contribution >= 0.6 is 0 Å². The van der Waals surface area contributed by atoms with Crippen LogP contribution in [0, 0.1) is 11.8 Å². The van der Waals surface area contributed by atoms with E-state index < -0.39 is 0 Å². The van der Waals surface area contributed by atoms with Crippen LogP contribution in [0.2, 0.25) is 0 Å². The third kappa shape index (κ3) is 6.37. The standard InChI is InChI=1S/C22H38N2/c1-3-7-19(8-4-1)15-23-17-21-11-13-22(14-12-21)18-24-16-20-9-5-2-6-10-20/h7,9,21-24H,1-6,8,10-18H2. The van der Waals surface area contributed by atoms with Gasteiger partial charge < -0.3 is 10.6 Å². The number of allylic oxidation sites excluding steroid dienone is 2. The summed E-state index contributed by atoms with van der Waals surface area (Å²) in [5.41, 5.74) is 3.33. The average Bonchev–Trinajstić information content (AvgIpc) is 2.65. The van der Waals surface area contributed by atoms with Crippen molar-refractivity contribution in [1.82, 2.24) is 10.6 Å². The molecule has 2 nitrogen and oxygen atoms in total. The van der Waals surface area contributed by atoms with E-state index in [0.29, 0.717) is 0 Å². The van der Waals surface area contributed by atoms with E-state index in [-0.39, 0.29) is 0 Å². The van der Waals surface area contributed by atoms with Crippen molar-refractivity contribution in [3.05, 3.63) is 23.3 Å². The van der Waals surface area contributed by atoms with E-state index in [1.54, 1.807) is 11.1 Å². The Kier molecular flexibility index (Phi) is 7.89. The van der Waals surface area contributed by atoms with E-state index in [1.165, 1.54) is 90.1 Å². The Bertz CT molecular complexity index is 376. The summed E-state index contributed by atoms with van der Waals surface area (Å²) in [5.74, 6) is 1.85. The molecule has 1 fully saturated rings. The molecule has 0 radical (unpaired) electrons. The van der Waals surface area contributed by atoms with Crippen molar-refractivity contribution in [3.63, 3.8) is 0 Å². The number of rotatable bonds is 8. The summed E-state index contributed by atoms with van der Waals surface area (Å²) in [6, 6.07) is 0. The predicted molar refractivity (Wildman–Crippen MR) is 104 cm³/mol. The molecule has 0 saturated heterocycles. The van der Waals surface area contributed by atoms with Gasteiger partial charge in [-0.15, -0.1) is 0 Å². The van der Waals surface area contributed by atoms with Crippen molar-refractivity contribution in [2.75, 3.05) is 26.2 Å². The first-order valence-corrected chi connectivity index (χ1v) is 10.7. The Hall–Kier alpha value is -0.600. The first-order chi connectivity index (χ1) is 11.9. The predicted octanol–water partition coefficient (Wildman–Crippen LogP) is 4.97. The van der Waals surface area contributed by atoms with E-state index in [4.69, 9.17) is 0 Å². The van der Waals surface area contributed by atoms with Gasteiger partial charge in [-0.3, -0.25) is 0 Å². The first-order valence-electron chi connectivity index (χ1n) is 10.7. The van der Waals surface area contributed by atoms with Crippen LogP contribution in [-0.2, 0) is 0 Å². The third-order valence-electron chi connectivity index (χ3n) is 6.31. The summed E-state index contributed by atoms with van der Waals surface area (Å²) in [4.78, 5) is 0. The lowest BCUT2D eigenvalue weighted by Crippen LogP contribution is -2.32. The number of hydrogen-bond donors (Lipinski definition) is 2. The van der Waals surface area contributed by atoms with Gasteiger partial charge in [0.15, 0.2) is 0 Å². The average molecular weight is 331 g/mol. The highest BCUT2D eigenvalue weighted by Gasteiger charge is 2.20. The molecule has 3 aliphatic rings. The molecule has 2 heteroatoms. The van der Waals surface area contributed by atoms with Crippen molar-refractivity contribution in [2.24, 2.45) is 11.8 Å². The lowest BCUT2D eigenvalue weighted by molar-refractivity contribution is 0.264. The highest BCUT2D eigenvalue weighted by molar-refractivity contribution is 5.07. The molecule has 3 aliphatic carbocycles. The molecular weight excluding hydrogens is 292 g/mol. The molecule has 0 spiro atoms. The molecule has 2 N–H and O–H groups in total. The number of hydrogen-bond acceptors (Lipinski definition) is 2. The maximum atomic E-state index is 3.73. The van der Waals surface area contributed by atoms with E-state index in [0.717, 1.165) is 24.9 Å². The second-order valence-corrected chi connectivity index (χ2v) is 8.36. The van der Waals surface area contributed by atoms with Gasteiger partial charge >= 0.3 is 0 Å². The van der Waals surface area contributed by atoms with E-state index >= 15 is 0 Å². The molecule has 136 valence electrons. The molecule has 0 heterocycles. The molecular formula is C22H38N2. The van der Waals surface area contributed by atoms with E-state index in [2.05, 4.69) is 22.8 Å². The summed E-state index contributed by atoms with van der Waals surface area (Å²) in [6.45, 7) is 4.78. The molecule has 0 bridgehead atoms. The van der Waals surface area contributed by atoms with Gasteiger partial charge in [0, 0.05) is 13.1 Å². The normalized spacial score (nSPS) is 28.3. The molecule has 0 aromatic carbocycles. The molecule has 24 heavy (non-hydrogen) atoms. The molecule has 0 aromatic heterocycles. The van der Waals surface area contributed by atoms with Gasteiger partial charge in [0.2, 0.25) is 0 Å². The van der Waals surface area contributed by atoms with Gasteiger partial charge in [-0.2, -0.15) is 0 Å². The minimum absolute atomic E-state index is 0.923. The van der Waals surface area contributed by atoms with Crippen molar-refractivity contribution < 1.29 is 0 Å². The smallest absolute Gasteiger partial charge is 0.0164 e. The van der Waals surface area contributed by atoms with Crippen molar-refractivity contribution >= 4 is 0 Å². The molecule has 0 atom stereocenters. The monoisotopic (exact) mass is 330 g/mol. The van der Waals surface area contributed by atoms with Crippen LogP contribution in [0.25, 0.3) is 0 Å². The largest absolute Gasteiger partial charge is 0.313 e. The van der Waals surface area contributed by atoms with Crippen LogP contribution in [-0.4, -0.2) is 26.2 Å². The quantitative estimate of drug-likeness (QED) is 0.614. The van der Waals surface area contributed by atoms with Crippen LogP contribution in [0.15, 0.2) is 23.3 Å². The van der Waals surface area contributed by atoms with Crippen molar-refractivity contribution in [3.8, 4) is 0 Å². The van der Waals surface area contributed by atoms with E-state index in [1.807, 2.05) is 0 Å². The first kappa shape index (κ1) is 18.2. The van der Waals surface area contributed by atoms with Gasteiger partial charge in [0.25, 0.3) is 0 Å². The Morgan fingerprint density at radius 1 is 0.667 bits per heavy atom. The van der Waals surface area contributed by atoms with Gasteiger partial charge in [-0.25, -0.2) is 0 Å². The second-order valence-electron chi connectivity index (χ2n) is 8.36. The molecule has 0 amide bonds. The minimum atomic E-state index is 0.923. The fourth-order valence-corrected chi connectivity index (χ4v) is 4.64. The van der Waals surface area contributed by atoms with Gasteiger partial charge in [-0.1, -0.05) is 23.3 Å². The fourth-order valence-electron chi connectivity index (χ4n) is 4.64.